The number of para-hydroxylation sites is 1. The fraction of sp³-hybridized carbons (Fsp3) is 0.524. The Morgan fingerprint density at radius 2 is 2.17 bits per heavy atom. The maximum atomic E-state index is 12.9. The third kappa shape index (κ3) is 4.17. The average molecular weight is 398 g/mol. The van der Waals surface area contributed by atoms with Gasteiger partial charge in [-0.3, -0.25) is 9.59 Å². The van der Waals surface area contributed by atoms with E-state index in [4.69, 9.17) is 4.74 Å². The Morgan fingerprint density at radius 1 is 1.34 bits per heavy atom. The summed E-state index contributed by atoms with van der Waals surface area (Å²) in [6.07, 6.45) is 3.80. The lowest BCUT2D eigenvalue weighted by atomic mass is 9.75. The minimum absolute atomic E-state index is 0.0493. The van der Waals surface area contributed by atoms with E-state index in [2.05, 4.69) is 15.6 Å². The number of carbonyl (C=O) groups is 2. The van der Waals surface area contributed by atoms with E-state index in [0.717, 1.165) is 43.8 Å². The number of aromatic nitrogens is 3. The molecule has 8 heteroatoms. The molecule has 0 spiro atoms. The fourth-order valence-corrected chi connectivity index (χ4v) is 4.76. The molecule has 0 saturated carbocycles. The number of ketones is 1. The van der Waals surface area contributed by atoms with E-state index < -0.39 is 0 Å². The first kappa shape index (κ1) is 19.6. The van der Waals surface area contributed by atoms with Crippen molar-refractivity contribution in [1.82, 2.24) is 20.3 Å². The topological polar surface area (TPSA) is 90.5 Å². The van der Waals surface area contributed by atoms with Crippen LogP contribution in [0.1, 0.15) is 35.8 Å². The van der Waals surface area contributed by atoms with Crippen LogP contribution in [-0.2, 0) is 17.9 Å². The molecule has 0 radical (unpaired) electrons. The number of nitrogens with zero attached hydrogens (tertiary/aromatic N) is 3. The van der Waals surface area contributed by atoms with Gasteiger partial charge in [0.2, 0.25) is 5.91 Å². The molecule has 2 N–H and O–H groups in total. The second-order valence-electron chi connectivity index (χ2n) is 8.11. The van der Waals surface area contributed by atoms with E-state index in [1.807, 2.05) is 24.3 Å². The van der Waals surface area contributed by atoms with Crippen LogP contribution in [0, 0.1) is 11.8 Å². The highest BCUT2D eigenvalue weighted by molar-refractivity contribution is 5.91. The summed E-state index contributed by atoms with van der Waals surface area (Å²) in [6, 6.07) is 8.18. The molecule has 3 aliphatic heterocycles. The van der Waals surface area contributed by atoms with Gasteiger partial charge in [0.25, 0.3) is 0 Å². The first-order chi connectivity index (χ1) is 14.0. The van der Waals surface area contributed by atoms with Gasteiger partial charge < -0.3 is 15.0 Å². The van der Waals surface area contributed by atoms with Crippen molar-refractivity contribution < 1.29 is 19.2 Å². The summed E-state index contributed by atoms with van der Waals surface area (Å²) in [6.45, 7) is 4.65. The van der Waals surface area contributed by atoms with Gasteiger partial charge in [-0.1, -0.05) is 23.4 Å². The van der Waals surface area contributed by atoms with Crippen LogP contribution >= 0.6 is 0 Å². The number of ether oxygens (including phenoxy) is 1. The SMILES string of the molecule is COc1ccccc1CNC(=O)[C@H]1C[NH+]2CC[C@H]1C[C@@H]2Cn1cc(C(C)=O)nn1. The predicted molar refractivity (Wildman–Crippen MR) is 106 cm³/mol. The highest BCUT2D eigenvalue weighted by Gasteiger charge is 2.46. The average Bonchev–Trinajstić information content (AvgIpc) is 3.21. The van der Waals surface area contributed by atoms with Gasteiger partial charge >= 0.3 is 0 Å². The number of methoxy groups -OCH3 is 1. The van der Waals surface area contributed by atoms with Gasteiger partial charge in [0.15, 0.2) is 5.78 Å². The number of benzene rings is 1. The van der Waals surface area contributed by atoms with Crippen LogP contribution in [0.15, 0.2) is 30.5 Å². The van der Waals surface area contributed by atoms with Gasteiger partial charge in [-0.15, -0.1) is 5.10 Å². The molecule has 2 bridgehead atoms. The number of rotatable bonds is 7. The maximum absolute atomic E-state index is 12.9. The van der Waals surface area contributed by atoms with Crippen molar-refractivity contribution in [3.05, 3.63) is 41.7 Å². The van der Waals surface area contributed by atoms with Crippen molar-refractivity contribution in [1.29, 1.82) is 0 Å². The number of piperidine rings is 3. The van der Waals surface area contributed by atoms with Gasteiger partial charge in [-0.05, 0) is 12.0 Å². The van der Waals surface area contributed by atoms with Crippen molar-refractivity contribution in [2.75, 3.05) is 20.2 Å². The molecule has 3 aliphatic rings. The summed E-state index contributed by atoms with van der Waals surface area (Å²) < 4.78 is 7.14. The van der Waals surface area contributed by atoms with E-state index in [0.29, 0.717) is 24.2 Å². The number of Topliss-reactive ketones (excluding diaryl/α,β-unsaturated/α-hetero) is 1. The first-order valence-electron chi connectivity index (χ1n) is 10.2. The van der Waals surface area contributed by atoms with Crippen LogP contribution in [0.4, 0.5) is 0 Å². The molecule has 1 aromatic heterocycles. The van der Waals surface area contributed by atoms with Gasteiger partial charge in [0.1, 0.15) is 17.5 Å². The van der Waals surface area contributed by atoms with Crippen LogP contribution in [0.2, 0.25) is 0 Å². The van der Waals surface area contributed by atoms with Crippen LogP contribution < -0.4 is 15.0 Å². The monoisotopic (exact) mass is 398 g/mol. The van der Waals surface area contributed by atoms with Crippen LogP contribution in [0.3, 0.4) is 0 Å². The minimum Gasteiger partial charge on any atom is -0.496 e. The van der Waals surface area contributed by atoms with Gasteiger partial charge in [0.05, 0.1) is 38.9 Å². The van der Waals surface area contributed by atoms with E-state index >= 15 is 0 Å². The van der Waals surface area contributed by atoms with Gasteiger partial charge in [-0.2, -0.15) is 0 Å². The Balaban J connectivity index is 1.34. The first-order valence-corrected chi connectivity index (χ1v) is 10.2. The zero-order valence-electron chi connectivity index (χ0n) is 16.9. The Bertz CT molecular complexity index is 896. The van der Waals surface area contributed by atoms with Crippen molar-refractivity contribution in [3.8, 4) is 5.75 Å². The van der Waals surface area contributed by atoms with Crippen LogP contribution in [0.5, 0.6) is 5.75 Å². The van der Waals surface area contributed by atoms with E-state index in [9.17, 15) is 9.59 Å². The summed E-state index contributed by atoms with van der Waals surface area (Å²) in [5.41, 5.74) is 1.40. The van der Waals surface area contributed by atoms with E-state index in [1.165, 1.54) is 11.8 Å². The molecule has 29 heavy (non-hydrogen) atoms. The lowest BCUT2D eigenvalue weighted by Crippen LogP contribution is -3.20. The van der Waals surface area contributed by atoms with Crippen molar-refractivity contribution in [2.24, 2.45) is 11.8 Å². The molecule has 1 unspecified atom stereocenters. The number of carbonyl (C=O) groups excluding carboxylic acids is 2. The molecule has 5 rings (SSSR count). The molecule has 4 atom stereocenters. The predicted octanol–water partition coefficient (Wildman–Crippen LogP) is 0.0990. The highest BCUT2D eigenvalue weighted by Crippen LogP contribution is 2.28. The molecule has 154 valence electrons. The standard InChI is InChI=1S/C21H27N5O3/c1-14(27)19-13-26(24-23-19)11-17-9-15-7-8-25(17)12-18(15)21(28)22-10-16-5-3-4-6-20(16)29-2/h3-6,13,15,17-18H,7-12H2,1-2H3,(H,22,28)/p+1/t15-,17+,18-/m0/s1. The Kier molecular flexibility index (Phi) is 5.62. The second kappa shape index (κ2) is 8.32. The Morgan fingerprint density at radius 3 is 2.86 bits per heavy atom. The number of hydrogen-bond donors (Lipinski definition) is 2. The zero-order valence-corrected chi connectivity index (χ0v) is 16.9. The van der Waals surface area contributed by atoms with Gasteiger partial charge in [-0.25, -0.2) is 4.68 Å². The number of fused-ring (bicyclic) bond motifs is 3. The van der Waals surface area contributed by atoms with Gasteiger partial charge in [0, 0.05) is 31.9 Å². The smallest absolute Gasteiger partial charge is 0.229 e. The Hall–Kier alpha value is -2.74. The molecule has 0 aliphatic carbocycles. The molecule has 1 aromatic carbocycles. The molecule has 3 fully saturated rings. The van der Waals surface area contributed by atoms with E-state index in [1.54, 1.807) is 18.0 Å². The number of amides is 1. The lowest BCUT2D eigenvalue weighted by Gasteiger charge is -2.46. The van der Waals surface area contributed by atoms with E-state index in [-0.39, 0.29) is 17.6 Å². The molecule has 3 saturated heterocycles. The summed E-state index contributed by atoms with van der Waals surface area (Å²) in [4.78, 5) is 25.8. The summed E-state index contributed by atoms with van der Waals surface area (Å²) in [7, 11) is 1.64. The summed E-state index contributed by atoms with van der Waals surface area (Å²) in [5.74, 6) is 1.31. The zero-order chi connectivity index (χ0) is 20.4. The largest absolute Gasteiger partial charge is 0.496 e. The highest BCUT2D eigenvalue weighted by atomic mass is 16.5. The third-order valence-corrected chi connectivity index (χ3v) is 6.34. The maximum Gasteiger partial charge on any atom is 0.229 e. The fourth-order valence-electron chi connectivity index (χ4n) is 4.76. The van der Waals surface area contributed by atoms with Crippen molar-refractivity contribution in [2.45, 2.75) is 38.9 Å². The molecule has 1 amide bonds. The lowest BCUT2D eigenvalue weighted by molar-refractivity contribution is -0.945. The molecule has 4 heterocycles. The summed E-state index contributed by atoms with van der Waals surface area (Å²) in [5, 5.41) is 11.1. The van der Waals surface area contributed by atoms with Crippen LogP contribution in [0.25, 0.3) is 0 Å². The number of hydrogen-bond acceptors (Lipinski definition) is 5. The quantitative estimate of drug-likeness (QED) is 0.646. The third-order valence-electron chi connectivity index (χ3n) is 6.34. The normalized spacial score (nSPS) is 25.6. The Labute approximate surface area is 170 Å². The van der Waals surface area contributed by atoms with Crippen molar-refractivity contribution >= 4 is 11.7 Å². The molecule has 2 aromatic rings. The molecular formula is C21H28N5O3+. The van der Waals surface area contributed by atoms with Crippen molar-refractivity contribution in [3.63, 3.8) is 0 Å². The molecular weight excluding hydrogens is 370 g/mol. The second-order valence-corrected chi connectivity index (χ2v) is 8.11. The van der Waals surface area contributed by atoms with Crippen LogP contribution in [-0.4, -0.2) is 52.9 Å². The molecule has 8 nitrogen and oxygen atoms in total. The summed E-state index contributed by atoms with van der Waals surface area (Å²) >= 11 is 0. The number of quaternary nitrogens is 1. The number of nitrogens with one attached hydrogen (secondary N) is 2. The minimum atomic E-state index is -0.0687.